The molecule has 0 spiro atoms. The Kier molecular flexibility index (Phi) is 4.59. The molecule has 0 aliphatic rings. The van der Waals surface area contributed by atoms with Gasteiger partial charge >= 0.3 is 5.97 Å². The summed E-state index contributed by atoms with van der Waals surface area (Å²) in [5.41, 5.74) is 0. The van der Waals surface area contributed by atoms with E-state index in [1.54, 1.807) is 0 Å². The van der Waals surface area contributed by atoms with E-state index in [0.29, 0.717) is 5.75 Å². The van der Waals surface area contributed by atoms with Gasteiger partial charge < -0.3 is 24.4 Å². The third-order valence-electron chi connectivity index (χ3n) is 1.99. The maximum atomic E-state index is 11.2. The van der Waals surface area contributed by atoms with Crippen LogP contribution in [0.3, 0.4) is 0 Å². The number of ether oxygens (including phenoxy) is 3. The maximum Gasteiger partial charge on any atom is 0.313 e. The minimum atomic E-state index is -0.626. The molecule has 0 radical (unpaired) electrons. The summed E-state index contributed by atoms with van der Waals surface area (Å²) < 4.78 is 14.8. The molecule has 6 nitrogen and oxygen atoms in total. The van der Waals surface area contributed by atoms with Crippen molar-refractivity contribution in [2.45, 2.75) is 6.42 Å². The number of phenolic OH excluding ortho intramolecular Hbond substituents is 1. The van der Waals surface area contributed by atoms with Crippen LogP contribution in [-0.4, -0.2) is 37.0 Å². The summed E-state index contributed by atoms with van der Waals surface area (Å²) in [5.74, 6) is -0.410. The number of esters is 1. The van der Waals surface area contributed by atoms with Gasteiger partial charge in [0, 0.05) is 12.1 Å². The van der Waals surface area contributed by atoms with Gasteiger partial charge in [-0.25, -0.2) is 0 Å². The third kappa shape index (κ3) is 3.25. The highest BCUT2D eigenvalue weighted by molar-refractivity contribution is 5.74. The van der Waals surface area contributed by atoms with Crippen LogP contribution in [-0.2, 0) is 4.79 Å². The second kappa shape index (κ2) is 5.95. The smallest absolute Gasteiger partial charge is 0.313 e. The van der Waals surface area contributed by atoms with Gasteiger partial charge in [-0.05, 0) is 0 Å². The van der Waals surface area contributed by atoms with Crippen molar-refractivity contribution in [3.8, 4) is 23.0 Å². The number of phenols is 1. The number of methoxy groups -OCH3 is 2. The molecule has 0 atom stereocenters. The van der Waals surface area contributed by atoms with Crippen molar-refractivity contribution in [3.05, 3.63) is 12.1 Å². The lowest BCUT2D eigenvalue weighted by molar-refractivity contribution is -0.135. The minimum Gasteiger partial charge on any atom is -0.504 e. The summed E-state index contributed by atoms with van der Waals surface area (Å²) in [6.45, 7) is -0.308. The van der Waals surface area contributed by atoms with Gasteiger partial charge in [-0.3, -0.25) is 4.79 Å². The van der Waals surface area contributed by atoms with Crippen LogP contribution in [0.5, 0.6) is 23.0 Å². The second-order valence-electron chi connectivity index (χ2n) is 3.13. The Morgan fingerprint density at radius 3 is 2.53 bits per heavy atom. The molecule has 1 aromatic carbocycles. The van der Waals surface area contributed by atoms with Crippen LogP contribution in [0.1, 0.15) is 6.42 Å². The zero-order chi connectivity index (χ0) is 12.8. The van der Waals surface area contributed by atoms with Crippen molar-refractivity contribution in [1.82, 2.24) is 0 Å². The third-order valence-corrected chi connectivity index (χ3v) is 1.99. The molecular formula is C11H14O6. The molecule has 0 amide bonds. The highest BCUT2D eigenvalue weighted by Crippen LogP contribution is 2.40. The molecule has 0 bridgehead atoms. The molecule has 0 saturated carbocycles. The summed E-state index contributed by atoms with van der Waals surface area (Å²) >= 11 is 0. The minimum absolute atomic E-state index is 0.0390. The normalized spacial score (nSPS) is 9.82. The first-order chi connectivity index (χ1) is 8.12. The fourth-order valence-electron chi connectivity index (χ4n) is 1.23. The van der Waals surface area contributed by atoms with E-state index in [-0.39, 0.29) is 30.3 Å². The van der Waals surface area contributed by atoms with Crippen molar-refractivity contribution in [3.63, 3.8) is 0 Å². The highest BCUT2D eigenvalue weighted by Gasteiger charge is 2.15. The van der Waals surface area contributed by atoms with Crippen LogP contribution < -0.4 is 14.2 Å². The lowest BCUT2D eigenvalue weighted by Crippen LogP contribution is -2.10. The Balaban J connectivity index is 3.02. The van der Waals surface area contributed by atoms with Gasteiger partial charge in [0.15, 0.2) is 11.5 Å². The molecule has 0 aromatic heterocycles. The SMILES string of the molecule is COc1cc(O)c(OC)c(OC(=O)CCO)c1. The summed E-state index contributed by atoms with van der Waals surface area (Å²) in [4.78, 5) is 11.2. The van der Waals surface area contributed by atoms with E-state index in [4.69, 9.17) is 19.3 Å². The summed E-state index contributed by atoms with van der Waals surface area (Å²) in [7, 11) is 2.76. The first kappa shape index (κ1) is 13.1. The molecule has 17 heavy (non-hydrogen) atoms. The number of aromatic hydroxyl groups is 1. The summed E-state index contributed by atoms with van der Waals surface area (Å²) in [6, 6.07) is 2.75. The van der Waals surface area contributed by atoms with Gasteiger partial charge in [0.1, 0.15) is 5.75 Å². The van der Waals surface area contributed by atoms with E-state index in [1.165, 1.54) is 26.4 Å². The quantitative estimate of drug-likeness (QED) is 0.584. The number of aliphatic hydroxyl groups is 1. The molecule has 0 aliphatic heterocycles. The van der Waals surface area contributed by atoms with Crippen LogP contribution in [0.4, 0.5) is 0 Å². The molecule has 2 N–H and O–H groups in total. The van der Waals surface area contributed by atoms with Crippen molar-refractivity contribution >= 4 is 5.97 Å². The molecule has 0 heterocycles. The van der Waals surface area contributed by atoms with Crippen LogP contribution >= 0.6 is 0 Å². The zero-order valence-corrected chi connectivity index (χ0v) is 9.60. The van der Waals surface area contributed by atoms with Gasteiger partial charge in [-0.15, -0.1) is 0 Å². The first-order valence-corrected chi connectivity index (χ1v) is 4.89. The van der Waals surface area contributed by atoms with E-state index < -0.39 is 5.97 Å². The van der Waals surface area contributed by atoms with Crippen molar-refractivity contribution in [1.29, 1.82) is 0 Å². The number of benzene rings is 1. The van der Waals surface area contributed by atoms with Gasteiger partial charge in [0.25, 0.3) is 0 Å². The largest absolute Gasteiger partial charge is 0.504 e. The number of aliphatic hydroxyl groups excluding tert-OH is 1. The van der Waals surface area contributed by atoms with E-state index in [1.807, 2.05) is 0 Å². The maximum absolute atomic E-state index is 11.2. The molecule has 94 valence electrons. The second-order valence-corrected chi connectivity index (χ2v) is 3.13. The van der Waals surface area contributed by atoms with Crippen molar-refractivity contribution in [2.75, 3.05) is 20.8 Å². The fourth-order valence-corrected chi connectivity index (χ4v) is 1.23. The van der Waals surface area contributed by atoms with Gasteiger partial charge in [-0.1, -0.05) is 0 Å². The van der Waals surface area contributed by atoms with E-state index in [0.717, 1.165) is 0 Å². The molecule has 0 unspecified atom stereocenters. The van der Waals surface area contributed by atoms with Crippen LogP contribution in [0.2, 0.25) is 0 Å². The van der Waals surface area contributed by atoms with Gasteiger partial charge in [0.05, 0.1) is 27.2 Å². The Morgan fingerprint density at radius 2 is 2.00 bits per heavy atom. The van der Waals surface area contributed by atoms with Gasteiger partial charge in [-0.2, -0.15) is 0 Å². The summed E-state index contributed by atoms with van der Waals surface area (Å²) in [5, 5.41) is 18.2. The number of hydrogen-bond donors (Lipinski definition) is 2. The predicted molar refractivity (Wildman–Crippen MR) is 58.5 cm³/mol. The lowest BCUT2D eigenvalue weighted by Gasteiger charge is -2.12. The number of rotatable bonds is 5. The van der Waals surface area contributed by atoms with E-state index >= 15 is 0 Å². The lowest BCUT2D eigenvalue weighted by atomic mass is 10.2. The number of carbonyl (C=O) groups is 1. The van der Waals surface area contributed by atoms with Crippen LogP contribution in [0, 0.1) is 0 Å². The predicted octanol–water partition coefficient (Wildman–Crippen LogP) is 0.697. The Morgan fingerprint density at radius 1 is 1.29 bits per heavy atom. The first-order valence-electron chi connectivity index (χ1n) is 4.89. The molecule has 0 aliphatic carbocycles. The average molecular weight is 242 g/mol. The zero-order valence-electron chi connectivity index (χ0n) is 9.60. The molecule has 0 fully saturated rings. The molecule has 1 aromatic rings. The van der Waals surface area contributed by atoms with E-state index in [2.05, 4.69) is 0 Å². The summed E-state index contributed by atoms with van der Waals surface area (Å²) in [6.07, 6.45) is -0.138. The topological polar surface area (TPSA) is 85.2 Å². The Hall–Kier alpha value is -1.95. The van der Waals surface area contributed by atoms with Crippen molar-refractivity contribution < 1.29 is 29.2 Å². The number of hydrogen-bond acceptors (Lipinski definition) is 6. The Labute approximate surface area is 98.3 Å². The van der Waals surface area contributed by atoms with E-state index in [9.17, 15) is 9.90 Å². The monoisotopic (exact) mass is 242 g/mol. The molecular weight excluding hydrogens is 228 g/mol. The molecule has 0 saturated heterocycles. The number of carbonyl (C=O) groups excluding carboxylic acids is 1. The standard InChI is InChI=1S/C11H14O6/c1-15-7-5-8(13)11(16-2)9(6-7)17-10(14)3-4-12/h5-6,12-13H,3-4H2,1-2H3. The van der Waals surface area contributed by atoms with Gasteiger partial charge in [0.2, 0.25) is 5.75 Å². The van der Waals surface area contributed by atoms with Crippen LogP contribution in [0.15, 0.2) is 12.1 Å². The Bertz CT molecular complexity index is 401. The molecule has 6 heteroatoms. The molecule has 1 rings (SSSR count). The average Bonchev–Trinajstić information content (AvgIpc) is 2.28. The highest BCUT2D eigenvalue weighted by atomic mass is 16.6. The van der Waals surface area contributed by atoms with Crippen LogP contribution in [0.25, 0.3) is 0 Å². The van der Waals surface area contributed by atoms with Crippen molar-refractivity contribution in [2.24, 2.45) is 0 Å². The fraction of sp³-hybridized carbons (Fsp3) is 0.364.